The highest BCUT2D eigenvalue weighted by Gasteiger charge is 2.27. The van der Waals surface area contributed by atoms with Crippen molar-refractivity contribution in [3.8, 4) is 0 Å². The number of ether oxygens (including phenoxy) is 1. The highest BCUT2D eigenvalue weighted by atomic mass is 16.6. The Morgan fingerprint density at radius 1 is 1.24 bits per heavy atom. The lowest BCUT2D eigenvalue weighted by Crippen LogP contribution is -2.40. The van der Waals surface area contributed by atoms with Crippen LogP contribution in [0.4, 0.5) is 15.3 Å². The second-order valence-electron chi connectivity index (χ2n) is 8.73. The number of hydrogen-bond acceptors (Lipinski definition) is 4. The highest BCUT2D eigenvalue weighted by Crippen LogP contribution is 2.29. The Morgan fingerprint density at radius 3 is 2.55 bits per heavy atom. The van der Waals surface area contributed by atoms with E-state index in [2.05, 4.69) is 5.32 Å². The average Bonchev–Trinajstić information content (AvgIpc) is 2.65. The first kappa shape index (κ1) is 23.0. The Kier molecular flexibility index (Phi) is 8.32. The van der Waals surface area contributed by atoms with Crippen LogP contribution in [-0.4, -0.2) is 41.1 Å². The number of rotatable bonds is 7. The van der Waals surface area contributed by atoms with Crippen molar-refractivity contribution in [1.82, 2.24) is 5.32 Å². The predicted octanol–water partition coefficient (Wildman–Crippen LogP) is 4.70. The van der Waals surface area contributed by atoms with E-state index < -0.39 is 17.8 Å². The monoisotopic (exact) mass is 406 g/mol. The molecular formula is C22H34N2O5. The molecule has 1 aliphatic rings. The van der Waals surface area contributed by atoms with E-state index in [0.29, 0.717) is 23.7 Å². The van der Waals surface area contributed by atoms with Crippen molar-refractivity contribution in [3.63, 3.8) is 0 Å². The van der Waals surface area contributed by atoms with Gasteiger partial charge in [0.1, 0.15) is 5.60 Å². The molecule has 2 rings (SSSR count). The van der Waals surface area contributed by atoms with Gasteiger partial charge in [-0.05, 0) is 63.6 Å². The molecule has 0 radical (unpaired) electrons. The Bertz CT molecular complexity index is 680. The van der Waals surface area contributed by atoms with E-state index in [9.17, 15) is 14.7 Å². The molecule has 1 aromatic rings. The zero-order valence-electron chi connectivity index (χ0n) is 17.7. The summed E-state index contributed by atoms with van der Waals surface area (Å²) in [6, 6.07) is 7.22. The van der Waals surface area contributed by atoms with Crippen molar-refractivity contribution in [3.05, 3.63) is 29.8 Å². The summed E-state index contributed by atoms with van der Waals surface area (Å²) < 4.78 is 5.64. The standard InChI is InChI=1S/C22H34N2O5/c1-22(2,3)29-21(28)24(15-16-8-5-4-6-9-16)18-11-7-10-17(14-18)19(25)12-13-23-20(26)27/h7,10-11,14,16,19,23,25H,4-6,8-9,12-13,15H2,1-3H3,(H,26,27)/t19-/m1/s1. The Morgan fingerprint density at radius 2 is 1.93 bits per heavy atom. The molecule has 1 saturated carbocycles. The molecule has 1 aromatic carbocycles. The van der Waals surface area contributed by atoms with E-state index in [1.165, 1.54) is 19.3 Å². The molecule has 3 N–H and O–H groups in total. The third-order valence-corrected chi connectivity index (χ3v) is 5.04. The molecule has 0 unspecified atom stereocenters. The summed E-state index contributed by atoms with van der Waals surface area (Å²) >= 11 is 0. The van der Waals surface area contributed by atoms with Crippen LogP contribution >= 0.6 is 0 Å². The zero-order chi connectivity index (χ0) is 21.4. The number of carbonyl (C=O) groups is 2. The summed E-state index contributed by atoms with van der Waals surface area (Å²) in [5.41, 5.74) is 0.737. The maximum atomic E-state index is 12.9. The van der Waals surface area contributed by atoms with Gasteiger partial charge in [-0.3, -0.25) is 4.90 Å². The van der Waals surface area contributed by atoms with Crippen LogP contribution in [0, 0.1) is 5.92 Å². The lowest BCUT2D eigenvalue weighted by molar-refractivity contribution is 0.0571. The van der Waals surface area contributed by atoms with Crippen molar-refractivity contribution in [2.45, 2.75) is 71.0 Å². The molecular weight excluding hydrogens is 372 g/mol. The topological polar surface area (TPSA) is 99.1 Å². The number of nitrogens with one attached hydrogen (secondary N) is 1. The summed E-state index contributed by atoms with van der Waals surface area (Å²) in [7, 11) is 0. The van der Waals surface area contributed by atoms with E-state index in [4.69, 9.17) is 9.84 Å². The molecule has 0 saturated heterocycles. The van der Waals surface area contributed by atoms with Gasteiger partial charge in [-0.2, -0.15) is 0 Å². The average molecular weight is 407 g/mol. The minimum absolute atomic E-state index is 0.151. The Hall–Kier alpha value is -2.28. The van der Waals surface area contributed by atoms with E-state index in [0.717, 1.165) is 12.8 Å². The number of aliphatic hydroxyl groups is 1. The largest absolute Gasteiger partial charge is 0.465 e. The van der Waals surface area contributed by atoms with Gasteiger partial charge in [0.25, 0.3) is 0 Å². The van der Waals surface area contributed by atoms with Gasteiger partial charge < -0.3 is 20.3 Å². The summed E-state index contributed by atoms with van der Waals surface area (Å²) in [6.07, 6.45) is 3.74. The fourth-order valence-electron chi connectivity index (χ4n) is 3.61. The van der Waals surface area contributed by atoms with Gasteiger partial charge in [0.05, 0.1) is 6.10 Å². The van der Waals surface area contributed by atoms with Gasteiger partial charge in [-0.25, -0.2) is 9.59 Å². The number of carboxylic acid groups (broad SMARTS) is 1. The van der Waals surface area contributed by atoms with Gasteiger partial charge in [-0.1, -0.05) is 31.4 Å². The summed E-state index contributed by atoms with van der Waals surface area (Å²) in [5, 5.41) is 21.3. The van der Waals surface area contributed by atoms with Crippen molar-refractivity contribution < 1.29 is 24.5 Å². The molecule has 7 heteroatoms. The number of benzene rings is 1. The molecule has 0 bridgehead atoms. The van der Waals surface area contributed by atoms with Crippen LogP contribution in [0.5, 0.6) is 0 Å². The van der Waals surface area contributed by atoms with Gasteiger partial charge in [-0.15, -0.1) is 0 Å². The van der Waals surface area contributed by atoms with Crippen LogP contribution in [0.1, 0.15) is 71.0 Å². The zero-order valence-corrected chi connectivity index (χ0v) is 17.7. The number of hydrogen-bond donors (Lipinski definition) is 3. The fourth-order valence-corrected chi connectivity index (χ4v) is 3.61. The molecule has 0 aliphatic heterocycles. The van der Waals surface area contributed by atoms with E-state index >= 15 is 0 Å². The quantitative estimate of drug-likeness (QED) is 0.609. The lowest BCUT2D eigenvalue weighted by Gasteiger charge is -2.32. The van der Waals surface area contributed by atoms with Crippen LogP contribution in [0.3, 0.4) is 0 Å². The van der Waals surface area contributed by atoms with Crippen molar-refractivity contribution in [2.75, 3.05) is 18.0 Å². The lowest BCUT2D eigenvalue weighted by atomic mass is 9.89. The van der Waals surface area contributed by atoms with Gasteiger partial charge in [0.2, 0.25) is 0 Å². The van der Waals surface area contributed by atoms with Crippen molar-refractivity contribution >= 4 is 17.9 Å². The number of aliphatic hydroxyl groups excluding tert-OH is 1. The molecule has 7 nitrogen and oxygen atoms in total. The normalized spacial score (nSPS) is 16.1. The molecule has 2 amide bonds. The first-order chi connectivity index (χ1) is 13.7. The number of anilines is 1. The minimum Gasteiger partial charge on any atom is -0.465 e. The molecule has 162 valence electrons. The molecule has 1 atom stereocenters. The van der Waals surface area contributed by atoms with E-state index in [1.54, 1.807) is 23.1 Å². The summed E-state index contributed by atoms with van der Waals surface area (Å²) in [5.74, 6) is 0.435. The Labute approximate surface area is 173 Å². The smallest absolute Gasteiger partial charge is 0.414 e. The van der Waals surface area contributed by atoms with Crippen molar-refractivity contribution in [1.29, 1.82) is 0 Å². The first-order valence-corrected chi connectivity index (χ1v) is 10.4. The molecule has 0 aromatic heterocycles. The second-order valence-corrected chi connectivity index (χ2v) is 8.73. The predicted molar refractivity (Wildman–Crippen MR) is 112 cm³/mol. The van der Waals surface area contributed by atoms with Crippen LogP contribution < -0.4 is 10.2 Å². The molecule has 0 spiro atoms. The second kappa shape index (κ2) is 10.5. The number of amides is 2. The van der Waals surface area contributed by atoms with Crippen LogP contribution in [0.25, 0.3) is 0 Å². The van der Waals surface area contributed by atoms with Gasteiger partial charge in [0.15, 0.2) is 0 Å². The third-order valence-electron chi connectivity index (χ3n) is 5.04. The maximum Gasteiger partial charge on any atom is 0.414 e. The van der Waals surface area contributed by atoms with Crippen LogP contribution in [0.2, 0.25) is 0 Å². The van der Waals surface area contributed by atoms with Gasteiger partial charge in [0, 0.05) is 18.8 Å². The first-order valence-electron chi connectivity index (χ1n) is 10.4. The van der Waals surface area contributed by atoms with Gasteiger partial charge >= 0.3 is 12.2 Å². The Balaban J connectivity index is 2.17. The SMILES string of the molecule is CC(C)(C)OC(=O)N(CC1CCCCC1)c1cccc([C@H](O)CCNC(=O)O)c1. The summed E-state index contributed by atoms with van der Waals surface area (Å²) in [6.45, 7) is 6.28. The highest BCUT2D eigenvalue weighted by molar-refractivity contribution is 5.88. The van der Waals surface area contributed by atoms with Crippen molar-refractivity contribution in [2.24, 2.45) is 5.92 Å². The third kappa shape index (κ3) is 7.93. The fraction of sp³-hybridized carbons (Fsp3) is 0.636. The van der Waals surface area contributed by atoms with E-state index in [-0.39, 0.29) is 19.1 Å². The molecule has 1 aliphatic carbocycles. The van der Waals surface area contributed by atoms with E-state index in [1.807, 2.05) is 26.8 Å². The maximum absolute atomic E-state index is 12.9. The number of nitrogens with zero attached hydrogens (tertiary/aromatic N) is 1. The van der Waals surface area contributed by atoms with Crippen LogP contribution in [-0.2, 0) is 4.74 Å². The van der Waals surface area contributed by atoms with Crippen LogP contribution in [0.15, 0.2) is 24.3 Å². The molecule has 1 fully saturated rings. The summed E-state index contributed by atoms with van der Waals surface area (Å²) in [4.78, 5) is 25.2. The number of carbonyl (C=O) groups excluding carboxylic acids is 1. The molecule has 0 heterocycles. The minimum atomic E-state index is -1.12. The molecule has 29 heavy (non-hydrogen) atoms.